The minimum absolute atomic E-state index is 0.0307. The second kappa shape index (κ2) is 7.25. The number of benzene rings is 1. The summed E-state index contributed by atoms with van der Waals surface area (Å²) in [7, 11) is 3.10. The van der Waals surface area contributed by atoms with Gasteiger partial charge in [0.05, 0.1) is 19.8 Å². The molecule has 3 rings (SSSR count). The number of methoxy groups -OCH3 is 2. The maximum absolute atomic E-state index is 12.7. The number of carbonyl (C=O) groups is 1. The minimum Gasteiger partial charge on any atom is -0.496 e. The summed E-state index contributed by atoms with van der Waals surface area (Å²) in [6.07, 6.45) is 0. The Kier molecular flexibility index (Phi) is 4.87. The van der Waals surface area contributed by atoms with Crippen LogP contribution in [-0.2, 0) is 0 Å². The van der Waals surface area contributed by atoms with Gasteiger partial charge in [-0.15, -0.1) is 0 Å². The van der Waals surface area contributed by atoms with Gasteiger partial charge >= 0.3 is 0 Å². The molecule has 1 amide bonds. The maximum atomic E-state index is 12.7. The molecule has 0 spiro atoms. The Morgan fingerprint density at radius 1 is 1.08 bits per heavy atom. The molecule has 0 aliphatic carbocycles. The highest BCUT2D eigenvalue weighted by Crippen LogP contribution is 2.22. The third-order valence-electron chi connectivity index (χ3n) is 4.14. The molecule has 1 saturated heterocycles. The summed E-state index contributed by atoms with van der Waals surface area (Å²) in [5.74, 6) is 1.85. The number of carbonyl (C=O) groups excluding carboxylic acids is 1. The summed E-state index contributed by atoms with van der Waals surface area (Å²) in [6.45, 7) is 2.48. The van der Waals surface area contributed by atoms with Crippen molar-refractivity contribution in [1.29, 1.82) is 0 Å². The lowest BCUT2D eigenvalue weighted by atomic mass is 10.1. The molecule has 2 heterocycles. The van der Waals surface area contributed by atoms with Crippen LogP contribution in [0.5, 0.6) is 11.6 Å². The molecule has 2 aromatic rings. The molecule has 0 saturated carbocycles. The Hall–Kier alpha value is -3.03. The second-order valence-electron chi connectivity index (χ2n) is 5.61. The van der Waals surface area contributed by atoms with Crippen molar-refractivity contribution in [2.75, 3.05) is 51.0 Å². The van der Waals surface area contributed by atoms with E-state index in [4.69, 9.17) is 15.2 Å². The third kappa shape index (κ3) is 3.57. The first-order valence-electron chi connectivity index (χ1n) is 7.98. The number of hydrogen-bond acceptors (Lipinski definition) is 7. The Balaban J connectivity index is 1.69. The summed E-state index contributed by atoms with van der Waals surface area (Å²) in [5, 5.41) is 0. The molecule has 132 valence electrons. The maximum Gasteiger partial charge on any atom is 0.257 e. The number of nitrogens with two attached hydrogens (primary N) is 1. The molecule has 8 nitrogen and oxygen atoms in total. The largest absolute Gasteiger partial charge is 0.496 e. The van der Waals surface area contributed by atoms with E-state index in [9.17, 15) is 4.79 Å². The van der Waals surface area contributed by atoms with Gasteiger partial charge in [0.15, 0.2) is 0 Å². The lowest BCUT2D eigenvalue weighted by Gasteiger charge is -2.35. The number of hydrogen-bond donors (Lipinski definition) is 1. The quantitative estimate of drug-likeness (QED) is 0.886. The SMILES string of the molecule is COc1cc(N2CCN(C(=O)c3ccccc3OC)CC2)nc(N)n1. The highest BCUT2D eigenvalue weighted by molar-refractivity contribution is 5.97. The zero-order valence-corrected chi connectivity index (χ0v) is 14.3. The van der Waals surface area contributed by atoms with Crippen LogP contribution in [0, 0.1) is 0 Å². The Morgan fingerprint density at radius 2 is 1.80 bits per heavy atom. The van der Waals surface area contributed by atoms with E-state index in [1.54, 1.807) is 25.3 Å². The molecule has 1 aromatic carbocycles. The highest BCUT2D eigenvalue weighted by atomic mass is 16.5. The summed E-state index contributed by atoms with van der Waals surface area (Å²) in [6, 6.07) is 9.00. The van der Waals surface area contributed by atoms with Crippen LogP contribution in [0.3, 0.4) is 0 Å². The van der Waals surface area contributed by atoms with Crippen LogP contribution in [0.25, 0.3) is 0 Å². The van der Waals surface area contributed by atoms with Crippen LogP contribution < -0.4 is 20.1 Å². The smallest absolute Gasteiger partial charge is 0.257 e. The number of aromatic nitrogens is 2. The Bertz CT molecular complexity index is 760. The molecule has 1 aliphatic heterocycles. The van der Waals surface area contributed by atoms with Crippen LogP contribution >= 0.6 is 0 Å². The first-order valence-corrected chi connectivity index (χ1v) is 7.98. The molecule has 0 radical (unpaired) electrons. The molecule has 0 unspecified atom stereocenters. The van der Waals surface area contributed by atoms with Gasteiger partial charge in [-0.25, -0.2) is 0 Å². The van der Waals surface area contributed by atoms with Crippen LogP contribution in [0.2, 0.25) is 0 Å². The normalized spacial score (nSPS) is 14.3. The molecular formula is C17H21N5O3. The predicted octanol–water partition coefficient (Wildman–Crippen LogP) is 1.04. The van der Waals surface area contributed by atoms with Crippen molar-refractivity contribution in [3.63, 3.8) is 0 Å². The molecular weight excluding hydrogens is 322 g/mol. The van der Waals surface area contributed by atoms with Crippen molar-refractivity contribution in [3.8, 4) is 11.6 Å². The fourth-order valence-corrected chi connectivity index (χ4v) is 2.83. The predicted molar refractivity (Wildman–Crippen MR) is 94.1 cm³/mol. The van der Waals surface area contributed by atoms with Crippen LogP contribution in [0.1, 0.15) is 10.4 Å². The molecule has 1 aliphatic rings. The van der Waals surface area contributed by atoms with Crippen LogP contribution in [-0.4, -0.2) is 61.2 Å². The standard InChI is InChI=1S/C17H21N5O3/c1-24-13-6-4-3-5-12(13)16(23)22-9-7-21(8-10-22)14-11-15(25-2)20-17(18)19-14/h3-6,11H,7-10H2,1-2H3,(H2,18,19,20). The Labute approximate surface area is 146 Å². The third-order valence-corrected chi connectivity index (χ3v) is 4.14. The van der Waals surface area contributed by atoms with E-state index >= 15 is 0 Å². The van der Waals surface area contributed by atoms with E-state index in [1.165, 1.54) is 7.11 Å². The number of amides is 1. The van der Waals surface area contributed by atoms with Gasteiger partial charge in [0.1, 0.15) is 11.6 Å². The van der Waals surface area contributed by atoms with Crippen molar-refractivity contribution in [3.05, 3.63) is 35.9 Å². The summed E-state index contributed by atoms with van der Waals surface area (Å²) in [5.41, 5.74) is 6.29. The molecule has 0 bridgehead atoms. The number of para-hydroxylation sites is 1. The average Bonchev–Trinajstić information content (AvgIpc) is 2.67. The van der Waals surface area contributed by atoms with E-state index < -0.39 is 0 Å². The van der Waals surface area contributed by atoms with E-state index in [0.29, 0.717) is 49.2 Å². The van der Waals surface area contributed by atoms with Gasteiger partial charge in [-0.3, -0.25) is 4.79 Å². The van der Waals surface area contributed by atoms with E-state index in [-0.39, 0.29) is 11.9 Å². The van der Waals surface area contributed by atoms with Crippen molar-refractivity contribution in [2.24, 2.45) is 0 Å². The molecule has 0 atom stereocenters. The van der Waals surface area contributed by atoms with Gasteiger partial charge in [-0.2, -0.15) is 9.97 Å². The topological polar surface area (TPSA) is 93.8 Å². The molecule has 1 aromatic heterocycles. The van der Waals surface area contributed by atoms with E-state index in [1.807, 2.05) is 17.0 Å². The van der Waals surface area contributed by atoms with Crippen LogP contribution in [0.15, 0.2) is 30.3 Å². The van der Waals surface area contributed by atoms with Crippen molar-refractivity contribution < 1.29 is 14.3 Å². The number of anilines is 2. The number of ether oxygens (including phenoxy) is 2. The molecule has 1 fully saturated rings. The monoisotopic (exact) mass is 343 g/mol. The minimum atomic E-state index is -0.0307. The lowest BCUT2D eigenvalue weighted by molar-refractivity contribution is 0.0743. The summed E-state index contributed by atoms with van der Waals surface area (Å²) in [4.78, 5) is 24.9. The number of nitrogens with zero attached hydrogens (tertiary/aromatic N) is 4. The second-order valence-corrected chi connectivity index (χ2v) is 5.61. The van der Waals surface area contributed by atoms with E-state index in [2.05, 4.69) is 14.9 Å². The average molecular weight is 343 g/mol. The van der Waals surface area contributed by atoms with Gasteiger partial charge in [-0.1, -0.05) is 12.1 Å². The fourth-order valence-electron chi connectivity index (χ4n) is 2.83. The van der Waals surface area contributed by atoms with Gasteiger partial charge in [0.25, 0.3) is 5.91 Å². The van der Waals surface area contributed by atoms with Gasteiger partial charge < -0.3 is 25.0 Å². The fraction of sp³-hybridized carbons (Fsp3) is 0.353. The van der Waals surface area contributed by atoms with Crippen molar-refractivity contribution in [2.45, 2.75) is 0 Å². The van der Waals surface area contributed by atoms with Gasteiger partial charge in [0.2, 0.25) is 11.8 Å². The van der Waals surface area contributed by atoms with Gasteiger partial charge in [0, 0.05) is 32.2 Å². The zero-order valence-electron chi connectivity index (χ0n) is 14.3. The Morgan fingerprint density at radius 3 is 2.48 bits per heavy atom. The number of piperazine rings is 1. The highest BCUT2D eigenvalue weighted by Gasteiger charge is 2.25. The molecule has 25 heavy (non-hydrogen) atoms. The first-order chi connectivity index (χ1) is 12.1. The summed E-state index contributed by atoms with van der Waals surface area (Å²) < 4.78 is 10.4. The van der Waals surface area contributed by atoms with Crippen molar-refractivity contribution in [1.82, 2.24) is 14.9 Å². The van der Waals surface area contributed by atoms with E-state index in [0.717, 1.165) is 0 Å². The number of nitrogen functional groups attached to an aromatic ring is 1. The van der Waals surface area contributed by atoms with Crippen molar-refractivity contribution >= 4 is 17.7 Å². The molecule has 2 N–H and O–H groups in total. The lowest BCUT2D eigenvalue weighted by Crippen LogP contribution is -2.49. The summed E-state index contributed by atoms with van der Waals surface area (Å²) >= 11 is 0. The number of rotatable bonds is 4. The van der Waals surface area contributed by atoms with Gasteiger partial charge in [-0.05, 0) is 12.1 Å². The molecule has 8 heteroatoms. The van der Waals surface area contributed by atoms with Crippen LogP contribution in [0.4, 0.5) is 11.8 Å². The zero-order chi connectivity index (χ0) is 17.8. The first kappa shape index (κ1) is 16.8.